The molecule has 2 N–H and O–H groups in total. The van der Waals surface area contributed by atoms with E-state index in [1.165, 1.54) is 21.9 Å². The molecule has 0 aliphatic rings. The highest BCUT2D eigenvalue weighted by molar-refractivity contribution is 7.98. The number of hydrogen-bond donors (Lipinski definition) is 2. The third kappa shape index (κ3) is 5.20. The van der Waals surface area contributed by atoms with Crippen molar-refractivity contribution >= 4 is 22.9 Å². The number of rotatable bonds is 9. The Balaban J connectivity index is 1.58. The van der Waals surface area contributed by atoms with E-state index in [2.05, 4.69) is 16.9 Å². The topological polar surface area (TPSA) is 102 Å². The Morgan fingerprint density at radius 3 is 2.52 bits per heavy atom. The lowest BCUT2D eigenvalue weighted by atomic mass is 10.2. The second-order valence-electron chi connectivity index (χ2n) is 7.73. The van der Waals surface area contributed by atoms with Crippen LogP contribution in [0.15, 0.2) is 69.3 Å². The largest absolute Gasteiger partial charge is 0.491 e. The van der Waals surface area contributed by atoms with Crippen LogP contribution in [0.4, 0.5) is 0 Å². The van der Waals surface area contributed by atoms with Crippen LogP contribution >= 0.6 is 11.8 Å². The fraction of sp³-hybridized carbons (Fsp3) is 0.292. The summed E-state index contributed by atoms with van der Waals surface area (Å²) in [5, 5.41) is 11.3. The fourth-order valence-electron chi connectivity index (χ4n) is 3.49. The van der Waals surface area contributed by atoms with Crippen molar-refractivity contribution in [3.63, 3.8) is 0 Å². The maximum Gasteiger partial charge on any atom is 0.329 e. The lowest BCUT2D eigenvalue weighted by Crippen LogP contribution is -2.30. The molecule has 0 fully saturated rings. The lowest BCUT2D eigenvalue weighted by Gasteiger charge is -2.15. The van der Waals surface area contributed by atoms with Crippen molar-refractivity contribution in [2.24, 2.45) is 7.05 Å². The van der Waals surface area contributed by atoms with E-state index < -0.39 is 17.4 Å². The van der Waals surface area contributed by atoms with Gasteiger partial charge in [0.15, 0.2) is 16.3 Å². The first-order valence-corrected chi connectivity index (χ1v) is 11.7. The van der Waals surface area contributed by atoms with Gasteiger partial charge in [-0.25, -0.2) is 9.78 Å². The zero-order chi connectivity index (χ0) is 23.4. The number of H-pyrrole nitrogens is 1. The van der Waals surface area contributed by atoms with Crippen LogP contribution in [-0.2, 0) is 25.8 Å². The highest BCUT2D eigenvalue weighted by Gasteiger charge is 2.20. The molecule has 4 rings (SSSR count). The molecule has 2 aromatic carbocycles. The molecule has 0 unspecified atom stereocenters. The summed E-state index contributed by atoms with van der Waals surface area (Å²) in [6, 6.07) is 17.6. The first kappa shape index (κ1) is 22.9. The van der Waals surface area contributed by atoms with E-state index in [-0.39, 0.29) is 24.3 Å². The number of imidazole rings is 1. The first-order chi connectivity index (χ1) is 16.0. The van der Waals surface area contributed by atoms with Crippen molar-refractivity contribution < 1.29 is 9.84 Å². The second kappa shape index (κ2) is 10.1. The monoisotopic (exact) mass is 466 g/mol. The fourth-order valence-corrected chi connectivity index (χ4v) is 4.45. The molecule has 0 saturated carbocycles. The molecule has 4 aromatic rings. The van der Waals surface area contributed by atoms with E-state index in [4.69, 9.17) is 4.74 Å². The number of benzene rings is 2. The SMILES string of the molecule is CCc1ccc(OC[C@@H](O)Cn2c(SCc3ccccc3)nc3c2c(=O)[nH]c(=O)n3C)cc1. The van der Waals surface area contributed by atoms with E-state index in [9.17, 15) is 14.7 Å². The smallest absolute Gasteiger partial charge is 0.329 e. The van der Waals surface area contributed by atoms with E-state index in [0.29, 0.717) is 16.7 Å². The zero-order valence-electron chi connectivity index (χ0n) is 18.5. The summed E-state index contributed by atoms with van der Waals surface area (Å²) in [6.45, 7) is 2.24. The van der Waals surface area contributed by atoms with Gasteiger partial charge in [0, 0.05) is 12.8 Å². The second-order valence-corrected chi connectivity index (χ2v) is 8.67. The minimum absolute atomic E-state index is 0.0532. The Morgan fingerprint density at radius 2 is 1.82 bits per heavy atom. The van der Waals surface area contributed by atoms with Crippen LogP contribution < -0.4 is 16.0 Å². The van der Waals surface area contributed by atoms with Gasteiger partial charge in [0.05, 0.1) is 6.54 Å². The number of aromatic amines is 1. The number of aryl methyl sites for hydroxylation is 2. The van der Waals surface area contributed by atoms with Crippen LogP contribution in [0, 0.1) is 0 Å². The summed E-state index contributed by atoms with van der Waals surface area (Å²) in [5.74, 6) is 1.30. The number of nitrogens with one attached hydrogen (secondary N) is 1. The van der Waals surface area contributed by atoms with Gasteiger partial charge in [-0.2, -0.15) is 0 Å². The zero-order valence-corrected chi connectivity index (χ0v) is 19.3. The highest BCUT2D eigenvalue weighted by Crippen LogP contribution is 2.25. The third-order valence-corrected chi connectivity index (χ3v) is 6.40. The molecule has 0 amide bonds. The van der Waals surface area contributed by atoms with E-state index in [1.54, 1.807) is 11.6 Å². The van der Waals surface area contributed by atoms with Crippen LogP contribution in [0.3, 0.4) is 0 Å². The van der Waals surface area contributed by atoms with Crippen molar-refractivity contribution in [1.82, 2.24) is 19.1 Å². The van der Waals surface area contributed by atoms with Crippen molar-refractivity contribution in [3.8, 4) is 5.75 Å². The van der Waals surface area contributed by atoms with Crippen LogP contribution in [0.5, 0.6) is 5.75 Å². The number of fused-ring (bicyclic) bond motifs is 1. The van der Waals surface area contributed by atoms with Crippen LogP contribution in [0.25, 0.3) is 11.2 Å². The van der Waals surface area contributed by atoms with Gasteiger partial charge < -0.3 is 14.4 Å². The minimum Gasteiger partial charge on any atom is -0.491 e. The quantitative estimate of drug-likeness (QED) is 0.368. The predicted molar refractivity (Wildman–Crippen MR) is 129 cm³/mol. The Labute approximate surface area is 194 Å². The van der Waals surface area contributed by atoms with Gasteiger partial charge in [-0.05, 0) is 29.7 Å². The molecule has 0 aliphatic heterocycles. The molecule has 0 spiro atoms. The summed E-state index contributed by atoms with van der Waals surface area (Å²) in [4.78, 5) is 31.6. The number of thioether (sulfide) groups is 1. The molecule has 0 bridgehead atoms. The Kier molecular flexibility index (Phi) is 7.00. The number of ether oxygens (including phenoxy) is 1. The van der Waals surface area contributed by atoms with Crippen LogP contribution in [0.2, 0.25) is 0 Å². The van der Waals surface area contributed by atoms with Gasteiger partial charge in [-0.3, -0.25) is 14.3 Å². The predicted octanol–water partition coefficient (Wildman–Crippen LogP) is 2.72. The molecular weight excluding hydrogens is 440 g/mol. The maximum atomic E-state index is 12.6. The Hall–Kier alpha value is -3.30. The van der Waals surface area contributed by atoms with Gasteiger partial charge in [0.2, 0.25) is 0 Å². The molecule has 0 saturated heterocycles. The molecule has 1 atom stereocenters. The van der Waals surface area contributed by atoms with Gasteiger partial charge in [0.1, 0.15) is 18.5 Å². The summed E-state index contributed by atoms with van der Waals surface area (Å²) in [6.07, 6.45) is 0.0536. The first-order valence-electron chi connectivity index (χ1n) is 10.7. The third-order valence-electron chi connectivity index (χ3n) is 5.35. The van der Waals surface area contributed by atoms with Crippen LogP contribution in [0.1, 0.15) is 18.1 Å². The van der Waals surface area contributed by atoms with Crippen molar-refractivity contribution in [2.75, 3.05) is 6.61 Å². The normalized spacial score (nSPS) is 12.2. The van der Waals surface area contributed by atoms with Gasteiger partial charge in [-0.15, -0.1) is 0 Å². The molecule has 8 nitrogen and oxygen atoms in total. The molecule has 2 aromatic heterocycles. The number of hydrogen-bond acceptors (Lipinski definition) is 6. The standard InChI is InChI=1S/C24H26N4O4S/c1-3-16-9-11-19(12-10-16)32-14-18(29)13-28-20-21(27(2)23(31)26-22(20)30)25-24(28)33-15-17-7-5-4-6-8-17/h4-12,18,29H,3,13-15H2,1-2H3,(H,26,30,31)/t18-/m0/s1. The summed E-state index contributed by atoms with van der Waals surface area (Å²) < 4.78 is 8.70. The number of aliphatic hydroxyl groups is 1. The molecule has 9 heteroatoms. The van der Waals surface area contributed by atoms with E-state index in [1.807, 2.05) is 54.6 Å². The average molecular weight is 467 g/mol. The van der Waals surface area contributed by atoms with Gasteiger partial charge >= 0.3 is 5.69 Å². The molecule has 0 radical (unpaired) electrons. The summed E-state index contributed by atoms with van der Waals surface area (Å²) in [5.41, 5.74) is 1.77. The van der Waals surface area contributed by atoms with Gasteiger partial charge in [0.25, 0.3) is 5.56 Å². The molecule has 172 valence electrons. The van der Waals surface area contributed by atoms with E-state index >= 15 is 0 Å². The summed E-state index contributed by atoms with van der Waals surface area (Å²) in [7, 11) is 1.56. The minimum atomic E-state index is -0.888. The maximum absolute atomic E-state index is 12.6. The molecule has 33 heavy (non-hydrogen) atoms. The molecule has 0 aliphatic carbocycles. The Bertz CT molecular complexity index is 1340. The van der Waals surface area contributed by atoms with Crippen molar-refractivity contribution in [3.05, 3.63) is 86.6 Å². The van der Waals surface area contributed by atoms with Crippen molar-refractivity contribution in [2.45, 2.75) is 36.9 Å². The number of nitrogens with zero attached hydrogens (tertiary/aromatic N) is 3. The molecular formula is C24H26N4O4S. The number of aliphatic hydroxyl groups excluding tert-OH is 1. The lowest BCUT2D eigenvalue weighted by molar-refractivity contribution is 0.0913. The van der Waals surface area contributed by atoms with E-state index in [0.717, 1.165) is 12.0 Å². The van der Waals surface area contributed by atoms with Gasteiger partial charge in [-0.1, -0.05) is 61.2 Å². The van der Waals surface area contributed by atoms with Crippen molar-refractivity contribution in [1.29, 1.82) is 0 Å². The summed E-state index contributed by atoms with van der Waals surface area (Å²) >= 11 is 1.44. The van der Waals surface area contributed by atoms with Crippen LogP contribution in [-0.4, -0.2) is 36.9 Å². The Morgan fingerprint density at radius 1 is 1.09 bits per heavy atom. The average Bonchev–Trinajstić information content (AvgIpc) is 3.19. The molecule has 2 heterocycles. The highest BCUT2D eigenvalue weighted by atomic mass is 32.2. The number of aromatic nitrogens is 4.